The molecule has 1 N–H and O–H groups in total. The summed E-state index contributed by atoms with van der Waals surface area (Å²) in [5, 5.41) is 3.49. The molecule has 1 aromatic rings. The zero-order valence-electron chi connectivity index (χ0n) is 12.0. The number of methoxy groups -OCH3 is 3. The lowest BCUT2D eigenvalue weighted by Gasteiger charge is -2.25. The van der Waals surface area contributed by atoms with E-state index in [1.165, 1.54) is 19.3 Å². The maximum atomic E-state index is 5.46. The molecule has 2 rings (SSSR count). The molecule has 0 spiro atoms. The first-order chi connectivity index (χ1) is 9.30. The van der Waals surface area contributed by atoms with Gasteiger partial charge in [-0.3, -0.25) is 0 Å². The Bertz CT molecular complexity index is 416. The van der Waals surface area contributed by atoms with Crippen LogP contribution in [0.2, 0.25) is 0 Å². The zero-order chi connectivity index (χ0) is 13.7. The van der Waals surface area contributed by atoms with E-state index in [9.17, 15) is 0 Å². The third kappa shape index (κ3) is 3.13. The van der Waals surface area contributed by atoms with Crippen LogP contribution in [0.1, 0.15) is 24.8 Å². The largest absolute Gasteiger partial charge is 0.493 e. The average molecular weight is 265 g/mol. The minimum atomic E-state index is 0.660. The summed E-state index contributed by atoms with van der Waals surface area (Å²) in [4.78, 5) is 0. The quantitative estimate of drug-likeness (QED) is 0.822. The molecule has 0 bridgehead atoms. The lowest BCUT2D eigenvalue weighted by atomic mass is 9.85. The van der Waals surface area contributed by atoms with Gasteiger partial charge in [-0.1, -0.05) is 12.5 Å². The summed E-state index contributed by atoms with van der Waals surface area (Å²) in [6.45, 7) is 1.87. The van der Waals surface area contributed by atoms with E-state index < -0.39 is 0 Å². The normalized spacial score (nSPS) is 14.9. The van der Waals surface area contributed by atoms with Crippen LogP contribution in [-0.4, -0.2) is 27.9 Å². The van der Waals surface area contributed by atoms with Crippen molar-refractivity contribution in [3.8, 4) is 17.2 Å². The molecule has 1 aliphatic carbocycles. The van der Waals surface area contributed by atoms with Gasteiger partial charge in [0, 0.05) is 12.1 Å². The molecule has 0 atom stereocenters. The minimum absolute atomic E-state index is 0.660. The van der Waals surface area contributed by atoms with Crippen LogP contribution in [0, 0.1) is 5.92 Å². The Morgan fingerprint density at radius 3 is 2.32 bits per heavy atom. The summed E-state index contributed by atoms with van der Waals surface area (Å²) in [5.74, 6) is 2.96. The highest BCUT2D eigenvalue weighted by molar-refractivity contribution is 5.55. The molecule has 0 unspecified atom stereocenters. The summed E-state index contributed by atoms with van der Waals surface area (Å²) in [6, 6.07) is 3.94. The molecular weight excluding hydrogens is 242 g/mol. The predicted molar refractivity (Wildman–Crippen MR) is 75.1 cm³/mol. The van der Waals surface area contributed by atoms with Crippen molar-refractivity contribution in [2.75, 3.05) is 27.9 Å². The fourth-order valence-corrected chi connectivity index (χ4v) is 2.41. The highest BCUT2D eigenvalue weighted by atomic mass is 16.5. The topological polar surface area (TPSA) is 39.7 Å². The number of benzene rings is 1. The van der Waals surface area contributed by atoms with E-state index in [1.807, 2.05) is 12.1 Å². The Balaban J connectivity index is 2.05. The highest BCUT2D eigenvalue weighted by Gasteiger charge is 2.18. The summed E-state index contributed by atoms with van der Waals surface area (Å²) in [6.07, 6.45) is 4.10. The van der Waals surface area contributed by atoms with Crippen molar-refractivity contribution in [3.05, 3.63) is 17.7 Å². The van der Waals surface area contributed by atoms with Crippen molar-refractivity contribution < 1.29 is 14.2 Å². The van der Waals surface area contributed by atoms with Gasteiger partial charge >= 0.3 is 0 Å². The van der Waals surface area contributed by atoms with E-state index in [0.29, 0.717) is 11.5 Å². The zero-order valence-corrected chi connectivity index (χ0v) is 12.0. The van der Waals surface area contributed by atoms with Gasteiger partial charge in [0.15, 0.2) is 11.5 Å². The van der Waals surface area contributed by atoms with E-state index in [2.05, 4.69) is 5.32 Å². The first-order valence-electron chi connectivity index (χ1n) is 6.78. The van der Waals surface area contributed by atoms with Crippen molar-refractivity contribution in [3.63, 3.8) is 0 Å². The Morgan fingerprint density at radius 2 is 1.79 bits per heavy atom. The molecule has 0 aliphatic heterocycles. The third-order valence-corrected chi connectivity index (χ3v) is 3.76. The fraction of sp³-hybridized carbons (Fsp3) is 0.600. The molecule has 1 saturated carbocycles. The van der Waals surface area contributed by atoms with Crippen molar-refractivity contribution in [2.24, 2.45) is 5.92 Å². The van der Waals surface area contributed by atoms with Gasteiger partial charge in [0.2, 0.25) is 5.75 Å². The highest BCUT2D eigenvalue weighted by Crippen LogP contribution is 2.39. The van der Waals surface area contributed by atoms with Gasteiger partial charge in [0.25, 0.3) is 0 Å². The Labute approximate surface area is 115 Å². The Kier molecular flexibility index (Phi) is 4.91. The molecular formula is C15H23NO3. The standard InChI is InChI=1S/C15H23NO3/c1-17-13-8-7-12(14(18-2)15(13)19-3)10-16-9-11-5-4-6-11/h7-8,11,16H,4-6,9-10H2,1-3H3. The molecule has 0 aromatic heterocycles. The molecule has 4 heteroatoms. The van der Waals surface area contributed by atoms with Crippen molar-refractivity contribution in [1.29, 1.82) is 0 Å². The van der Waals surface area contributed by atoms with Crippen LogP contribution in [0.5, 0.6) is 17.2 Å². The summed E-state index contributed by atoms with van der Waals surface area (Å²) < 4.78 is 16.1. The first-order valence-corrected chi connectivity index (χ1v) is 6.78. The third-order valence-electron chi connectivity index (χ3n) is 3.76. The summed E-state index contributed by atoms with van der Waals surface area (Å²) >= 11 is 0. The van der Waals surface area contributed by atoms with Crippen LogP contribution in [0.15, 0.2) is 12.1 Å². The smallest absolute Gasteiger partial charge is 0.203 e. The molecule has 0 heterocycles. The molecule has 4 nitrogen and oxygen atoms in total. The molecule has 106 valence electrons. The average Bonchev–Trinajstić information content (AvgIpc) is 2.40. The SMILES string of the molecule is COc1ccc(CNCC2CCC2)c(OC)c1OC. The number of ether oxygens (including phenoxy) is 3. The van der Waals surface area contributed by atoms with E-state index >= 15 is 0 Å². The lowest BCUT2D eigenvalue weighted by molar-refractivity contribution is 0.298. The van der Waals surface area contributed by atoms with Gasteiger partial charge in [-0.15, -0.1) is 0 Å². The van der Waals surface area contributed by atoms with Gasteiger partial charge < -0.3 is 19.5 Å². The molecule has 1 aliphatic rings. The molecule has 0 radical (unpaired) electrons. The maximum Gasteiger partial charge on any atom is 0.203 e. The van der Waals surface area contributed by atoms with Crippen LogP contribution in [0.25, 0.3) is 0 Å². The van der Waals surface area contributed by atoms with Crippen LogP contribution >= 0.6 is 0 Å². The van der Waals surface area contributed by atoms with Gasteiger partial charge in [0.05, 0.1) is 21.3 Å². The van der Waals surface area contributed by atoms with Crippen molar-refractivity contribution in [2.45, 2.75) is 25.8 Å². The maximum absolute atomic E-state index is 5.46. The second kappa shape index (κ2) is 6.66. The van der Waals surface area contributed by atoms with E-state index in [-0.39, 0.29) is 0 Å². The van der Waals surface area contributed by atoms with E-state index in [0.717, 1.165) is 30.3 Å². The second-order valence-electron chi connectivity index (χ2n) is 4.92. The number of hydrogen-bond donors (Lipinski definition) is 1. The van der Waals surface area contributed by atoms with Gasteiger partial charge in [-0.25, -0.2) is 0 Å². The predicted octanol–water partition coefficient (Wildman–Crippen LogP) is 2.60. The Morgan fingerprint density at radius 1 is 1.05 bits per heavy atom. The summed E-state index contributed by atoms with van der Waals surface area (Å²) in [5.41, 5.74) is 1.10. The molecule has 1 aromatic carbocycles. The summed E-state index contributed by atoms with van der Waals surface area (Å²) in [7, 11) is 4.92. The van der Waals surface area contributed by atoms with E-state index in [1.54, 1.807) is 21.3 Å². The van der Waals surface area contributed by atoms with Crippen molar-refractivity contribution in [1.82, 2.24) is 5.32 Å². The molecule has 0 amide bonds. The Hall–Kier alpha value is -1.42. The van der Waals surface area contributed by atoms with Gasteiger partial charge in [-0.05, 0) is 31.4 Å². The van der Waals surface area contributed by atoms with Crippen LogP contribution in [0.4, 0.5) is 0 Å². The monoisotopic (exact) mass is 265 g/mol. The number of nitrogens with one attached hydrogen (secondary N) is 1. The van der Waals surface area contributed by atoms with Crippen LogP contribution < -0.4 is 19.5 Å². The first kappa shape index (κ1) is 14.0. The lowest BCUT2D eigenvalue weighted by Crippen LogP contribution is -2.27. The minimum Gasteiger partial charge on any atom is -0.493 e. The number of rotatable bonds is 7. The van der Waals surface area contributed by atoms with Gasteiger partial charge in [-0.2, -0.15) is 0 Å². The van der Waals surface area contributed by atoms with E-state index in [4.69, 9.17) is 14.2 Å². The molecule has 19 heavy (non-hydrogen) atoms. The molecule has 1 fully saturated rings. The van der Waals surface area contributed by atoms with Crippen LogP contribution in [0.3, 0.4) is 0 Å². The van der Waals surface area contributed by atoms with Crippen molar-refractivity contribution >= 4 is 0 Å². The number of hydrogen-bond acceptors (Lipinski definition) is 4. The second-order valence-corrected chi connectivity index (χ2v) is 4.92. The van der Waals surface area contributed by atoms with Crippen LogP contribution in [-0.2, 0) is 6.54 Å². The molecule has 0 saturated heterocycles. The fourth-order valence-electron chi connectivity index (χ4n) is 2.41. The van der Waals surface area contributed by atoms with Gasteiger partial charge in [0.1, 0.15) is 0 Å².